The Bertz CT molecular complexity index is 685. The van der Waals surface area contributed by atoms with E-state index in [0.717, 1.165) is 45.3 Å². The summed E-state index contributed by atoms with van der Waals surface area (Å²) in [5.41, 5.74) is 2.52. The lowest BCUT2D eigenvalue weighted by atomic mass is 9.79. The lowest BCUT2D eigenvalue weighted by Crippen LogP contribution is -2.51. The summed E-state index contributed by atoms with van der Waals surface area (Å²) >= 11 is 0. The molecule has 2 aromatic rings. The molecule has 1 saturated carbocycles. The van der Waals surface area contributed by atoms with Crippen LogP contribution in [0.25, 0.3) is 0 Å². The second kappa shape index (κ2) is 6.90. The Labute approximate surface area is 149 Å². The number of aliphatic hydroxyl groups excluding tert-OH is 1. The quantitative estimate of drug-likeness (QED) is 0.907. The molecule has 0 amide bonds. The lowest BCUT2D eigenvalue weighted by Gasteiger charge is -2.42. The molecule has 0 radical (unpaired) electrons. The van der Waals surface area contributed by atoms with Crippen LogP contribution >= 0.6 is 0 Å². The van der Waals surface area contributed by atoms with Gasteiger partial charge in [0.15, 0.2) is 0 Å². The predicted molar refractivity (Wildman–Crippen MR) is 96.2 cm³/mol. The van der Waals surface area contributed by atoms with Gasteiger partial charge in [-0.05, 0) is 42.9 Å². The predicted octanol–water partition coefficient (Wildman–Crippen LogP) is 2.44. The first-order chi connectivity index (χ1) is 12.2. The Morgan fingerprint density at radius 2 is 1.96 bits per heavy atom. The van der Waals surface area contributed by atoms with Crippen LogP contribution in [0, 0.1) is 0 Å². The third kappa shape index (κ3) is 3.36. The van der Waals surface area contributed by atoms with E-state index in [4.69, 9.17) is 4.74 Å². The van der Waals surface area contributed by atoms with Crippen molar-refractivity contribution in [1.29, 1.82) is 0 Å². The minimum atomic E-state index is -0.190. The number of aliphatic hydroxyl groups is 1. The highest BCUT2D eigenvalue weighted by Crippen LogP contribution is 2.42. The van der Waals surface area contributed by atoms with Gasteiger partial charge in [0.1, 0.15) is 0 Å². The van der Waals surface area contributed by atoms with Crippen molar-refractivity contribution < 1.29 is 9.84 Å². The second-order valence-corrected chi connectivity index (χ2v) is 7.45. The van der Waals surface area contributed by atoms with Gasteiger partial charge >= 0.3 is 0 Å². The molecule has 1 aromatic heterocycles. The molecule has 0 bridgehead atoms. The van der Waals surface area contributed by atoms with E-state index in [-0.39, 0.29) is 11.7 Å². The molecule has 5 heteroatoms. The third-order valence-corrected chi connectivity index (χ3v) is 5.99. The Morgan fingerprint density at radius 3 is 2.64 bits per heavy atom. The van der Waals surface area contributed by atoms with Crippen LogP contribution in [-0.4, -0.2) is 51.2 Å². The molecule has 1 N–H and O–H groups in total. The average molecular weight is 341 g/mol. The molecule has 1 aromatic carbocycles. The van der Waals surface area contributed by atoms with Gasteiger partial charge < -0.3 is 9.84 Å². The van der Waals surface area contributed by atoms with Crippen molar-refractivity contribution in [3.05, 3.63) is 53.9 Å². The molecular weight excluding hydrogens is 314 g/mol. The van der Waals surface area contributed by atoms with Gasteiger partial charge in [0.25, 0.3) is 0 Å². The van der Waals surface area contributed by atoms with Crippen LogP contribution in [0.1, 0.15) is 36.8 Å². The van der Waals surface area contributed by atoms with Gasteiger partial charge in [0, 0.05) is 38.6 Å². The van der Waals surface area contributed by atoms with Crippen molar-refractivity contribution in [3.63, 3.8) is 0 Å². The number of fused-ring (bicyclic) bond motifs is 1. The Balaban J connectivity index is 1.43. The lowest BCUT2D eigenvalue weighted by molar-refractivity contribution is -0.0879. The zero-order valence-electron chi connectivity index (χ0n) is 14.8. The van der Waals surface area contributed by atoms with Crippen LogP contribution < -0.4 is 0 Å². The first-order valence-corrected chi connectivity index (χ1v) is 9.21. The highest BCUT2D eigenvalue weighted by atomic mass is 16.5. The van der Waals surface area contributed by atoms with Crippen molar-refractivity contribution in [2.75, 3.05) is 13.7 Å². The Kier molecular flexibility index (Phi) is 4.63. The molecule has 2 aliphatic rings. The summed E-state index contributed by atoms with van der Waals surface area (Å²) < 4.78 is 7.87. The number of likely N-dealkylation sites (tertiary alicyclic amines) is 1. The smallest absolute Gasteiger partial charge is 0.0847 e. The van der Waals surface area contributed by atoms with Crippen molar-refractivity contribution in [2.24, 2.45) is 0 Å². The SMILES string of the molecule is CO[C@@]12CC[C@@H](O)C[C@@H]1N(Cc1ccc(Cn3cccn3)cc1)CC2. The molecule has 0 unspecified atom stereocenters. The van der Waals surface area contributed by atoms with E-state index in [1.54, 1.807) is 0 Å². The largest absolute Gasteiger partial charge is 0.393 e. The Morgan fingerprint density at radius 1 is 1.20 bits per heavy atom. The third-order valence-electron chi connectivity index (χ3n) is 5.99. The summed E-state index contributed by atoms with van der Waals surface area (Å²) in [5.74, 6) is 0. The zero-order chi connectivity index (χ0) is 17.3. The number of methoxy groups -OCH3 is 1. The van der Waals surface area contributed by atoms with E-state index in [2.05, 4.69) is 34.3 Å². The van der Waals surface area contributed by atoms with Gasteiger partial charge in [0.05, 0.1) is 18.2 Å². The van der Waals surface area contributed by atoms with Crippen molar-refractivity contribution in [2.45, 2.75) is 56.5 Å². The van der Waals surface area contributed by atoms with Gasteiger partial charge in [-0.25, -0.2) is 0 Å². The minimum absolute atomic E-state index is 0.0563. The maximum atomic E-state index is 10.1. The van der Waals surface area contributed by atoms with E-state index in [1.807, 2.05) is 30.3 Å². The van der Waals surface area contributed by atoms with Crippen molar-refractivity contribution >= 4 is 0 Å². The first kappa shape index (κ1) is 16.8. The number of rotatable bonds is 5. The molecule has 4 rings (SSSR count). The minimum Gasteiger partial charge on any atom is -0.393 e. The summed E-state index contributed by atoms with van der Waals surface area (Å²) in [6.45, 7) is 2.77. The van der Waals surface area contributed by atoms with Gasteiger partial charge in [-0.3, -0.25) is 9.58 Å². The van der Waals surface area contributed by atoms with E-state index in [1.165, 1.54) is 11.1 Å². The summed E-state index contributed by atoms with van der Waals surface area (Å²) in [4.78, 5) is 2.49. The van der Waals surface area contributed by atoms with Crippen LogP contribution in [0.15, 0.2) is 42.7 Å². The molecule has 1 aliphatic carbocycles. The summed E-state index contributed by atoms with van der Waals surface area (Å²) in [7, 11) is 1.83. The number of benzene rings is 1. The maximum Gasteiger partial charge on any atom is 0.0847 e. The first-order valence-electron chi connectivity index (χ1n) is 9.21. The summed E-state index contributed by atoms with van der Waals surface area (Å²) in [6, 6.07) is 11.1. The van der Waals surface area contributed by atoms with E-state index < -0.39 is 0 Å². The molecule has 1 aliphatic heterocycles. The fourth-order valence-corrected chi connectivity index (χ4v) is 4.53. The van der Waals surface area contributed by atoms with Crippen LogP contribution in [0.3, 0.4) is 0 Å². The maximum absolute atomic E-state index is 10.1. The normalized spacial score (nSPS) is 29.7. The fourth-order valence-electron chi connectivity index (χ4n) is 4.53. The van der Waals surface area contributed by atoms with Crippen molar-refractivity contribution in [1.82, 2.24) is 14.7 Å². The molecule has 5 nitrogen and oxygen atoms in total. The van der Waals surface area contributed by atoms with Crippen LogP contribution in [0.5, 0.6) is 0 Å². The topological polar surface area (TPSA) is 50.5 Å². The highest BCUT2D eigenvalue weighted by Gasteiger charge is 2.50. The van der Waals surface area contributed by atoms with Gasteiger partial charge in [-0.1, -0.05) is 24.3 Å². The number of hydrogen-bond donors (Lipinski definition) is 1. The average Bonchev–Trinajstić information content (AvgIpc) is 3.26. The van der Waals surface area contributed by atoms with Crippen LogP contribution in [-0.2, 0) is 17.8 Å². The van der Waals surface area contributed by atoms with E-state index in [0.29, 0.717) is 6.04 Å². The molecule has 0 spiro atoms. The molecule has 25 heavy (non-hydrogen) atoms. The number of aromatic nitrogens is 2. The molecule has 3 atom stereocenters. The molecule has 2 fully saturated rings. The standard InChI is InChI=1S/C20H27N3O2/c1-25-20-8-7-18(24)13-19(20)22(12-9-20)14-16-3-5-17(6-4-16)15-23-11-2-10-21-23/h2-6,10-11,18-19,24H,7-9,12-15H2,1H3/t18-,19+,20-/m1/s1. The van der Waals surface area contributed by atoms with Crippen LogP contribution in [0.4, 0.5) is 0 Å². The van der Waals surface area contributed by atoms with E-state index >= 15 is 0 Å². The number of nitrogens with zero attached hydrogens (tertiary/aromatic N) is 3. The number of hydrogen-bond acceptors (Lipinski definition) is 4. The molecule has 134 valence electrons. The highest BCUT2D eigenvalue weighted by molar-refractivity contribution is 5.23. The summed E-state index contributed by atoms with van der Waals surface area (Å²) in [5, 5.41) is 14.4. The van der Waals surface area contributed by atoms with Gasteiger partial charge in [-0.2, -0.15) is 5.10 Å². The Hall–Kier alpha value is -1.69. The van der Waals surface area contributed by atoms with Gasteiger partial charge in [-0.15, -0.1) is 0 Å². The van der Waals surface area contributed by atoms with Gasteiger partial charge in [0.2, 0.25) is 0 Å². The summed E-state index contributed by atoms with van der Waals surface area (Å²) in [6.07, 6.45) is 7.32. The molecular formula is C20H27N3O2. The number of ether oxygens (including phenoxy) is 1. The zero-order valence-corrected chi connectivity index (χ0v) is 14.8. The molecule has 2 heterocycles. The fraction of sp³-hybridized carbons (Fsp3) is 0.550. The molecule has 1 saturated heterocycles. The second-order valence-electron chi connectivity index (χ2n) is 7.45. The van der Waals surface area contributed by atoms with E-state index in [9.17, 15) is 5.11 Å². The monoisotopic (exact) mass is 341 g/mol. The van der Waals surface area contributed by atoms with Crippen LogP contribution in [0.2, 0.25) is 0 Å². The van der Waals surface area contributed by atoms with Crippen molar-refractivity contribution in [3.8, 4) is 0 Å².